The van der Waals surface area contributed by atoms with Crippen molar-refractivity contribution in [1.82, 2.24) is 5.32 Å². The molecule has 0 saturated carbocycles. The Morgan fingerprint density at radius 1 is 0.906 bits per heavy atom. The number of rotatable bonds is 8. The second-order valence-electron chi connectivity index (χ2n) is 7.16. The summed E-state index contributed by atoms with van der Waals surface area (Å²) >= 11 is 0. The molecular weight excluding hydrogens is 410 g/mol. The average molecular weight is 433 g/mol. The molecule has 3 aromatic carbocycles. The van der Waals surface area contributed by atoms with Gasteiger partial charge in [-0.3, -0.25) is 19.7 Å². The molecule has 2 amide bonds. The predicted molar refractivity (Wildman–Crippen MR) is 121 cm³/mol. The topological polar surface area (TPSA) is 111 Å². The lowest BCUT2D eigenvalue weighted by Gasteiger charge is -2.16. The number of carbonyl (C=O) groups is 2. The van der Waals surface area contributed by atoms with Crippen LogP contribution in [0.5, 0.6) is 5.75 Å². The third-order valence-corrected chi connectivity index (χ3v) is 4.80. The van der Waals surface area contributed by atoms with E-state index >= 15 is 0 Å². The van der Waals surface area contributed by atoms with Gasteiger partial charge < -0.3 is 15.4 Å². The number of nitro groups is 1. The fourth-order valence-corrected chi connectivity index (χ4v) is 3.01. The van der Waals surface area contributed by atoms with Gasteiger partial charge in [0.15, 0.2) is 11.9 Å². The third kappa shape index (κ3) is 5.69. The Balaban J connectivity index is 1.58. The summed E-state index contributed by atoms with van der Waals surface area (Å²) in [6, 6.07) is 21.8. The lowest BCUT2D eigenvalue weighted by Crippen LogP contribution is -2.30. The number of hydrogen-bond donors (Lipinski definition) is 2. The molecule has 2 N–H and O–H groups in total. The molecule has 2 unspecified atom stereocenters. The van der Waals surface area contributed by atoms with Crippen LogP contribution >= 0.6 is 0 Å². The molecule has 0 aliphatic rings. The van der Waals surface area contributed by atoms with Gasteiger partial charge in [-0.05, 0) is 49.7 Å². The van der Waals surface area contributed by atoms with Gasteiger partial charge in [-0.15, -0.1) is 0 Å². The second-order valence-corrected chi connectivity index (χ2v) is 7.16. The van der Waals surface area contributed by atoms with E-state index in [2.05, 4.69) is 10.6 Å². The van der Waals surface area contributed by atoms with Crippen molar-refractivity contribution in [2.24, 2.45) is 0 Å². The fourth-order valence-electron chi connectivity index (χ4n) is 3.01. The Hall–Kier alpha value is -4.20. The number of nitrogens with one attached hydrogen (secondary N) is 2. The molecule has 0 fully saturated rings. The molecule has 8 nitrogen and oxygen atoms in total. The maximum Gasteiger partial charge on any atom is 0.310 e. The highest BCUT2D eigenvalue weighted by Crippen LogP contribution is 2.27. The van der Waals surface area contributed by atoms with Crippen molar-refractivity contribution in [2.75, 3.05) is 5.32 Å². The summed E-state index contributed by atoms with van der Waals surface area (Å²) in [7, 11) is 0. The first-order valence-corrected chi connectivity index (χ1v) is 10.0. The van der Waals surface area contributed by atoms with Crippen molar-refractivity contribution in [3.8, 4) is 5.75 Å². The van der Waals surface area contributed by atoms with Crippen molar-refractivity contribution in [2.45, 2.75) is 26.0 Å². The van der Waals surface area contributed by atoms with Crippen LogP contribution in [0.1, 0.15) is 35.8 Å². The van der Waals surface area contributed by atoms with E-state index in [9.17, 15) is 19.7 Å². The maximum atomic E-state index is 12.5. The van der Waals surface area contributed by atoms with E-state index in [1.165, 1.54) is 25.1 Å². The van der Waals surface area contributed by atoms with Gasteiger partial charge in [0.05, 0.1) is 11.0 Å². The van der Waals surface area contributed by atoms with E-state index in [4.69, 9.17) is 4.74 Å². The van der Waals surface area contributed by atoms with Crippen molar-refractivity contribution in [3.63, 3.8) is 0 Å². The summed E-state index contributed by atoms with van der Waals surface area (Å²) in [6.07, 6.45) is -0.967. The Kier molecular flexibility index (Phi) is 7.17. The summed E-state index contributed by atoms with van der Waals surface area (Å²) in [5, 5.41) is 16.7. The largest absolute Gasteiger partial charge is 0.474 e. The van der Waals surface area contributed by atoms with Gasteiger partial charge in [-0.1, -0.05) is 42.5 Å². The Bertz CT molecular complexity index is 1100. The van der Waals surface area contributed by atoms with Crippen LogP contribution in [0.2, 0.25) is 0 Å². The van der Waals surface area contributed by atoms with Gasteiger partial charge in [0.2, 0.25) is 0 Å². The molecule has 0 heterocycles. The number of carbonyl (C=O) groups excluding carboxylic acids is 2. The van der Waals surface area contributed by atoms with Crippen LogP contribution in [0.15, 0.2) is 78.9 Å². The van der Waals surface area contributed by atoms with E-state index in [0.717, 1.165) is 5.56 Å². The Morgan fingerprint density at radius 2 is 1.53 bits per heavy atom. The summed E-state index contributed by atoms with van der Waals surface area (Å²) in [5.41, 5.74) is 1.71. The van der Waals surface area contributed by atoms with Crippen LogP contribution in [0.3, 0.4) is 0 Å². The molecule has 2 atom stereocenters. The van der Waals surface area contributed by atoms with Crippen molar-refractivity contribution in [1.29, 1.82) is 0 Å². The van der Waals surface area contributed by atoms with Crippen molar-refractivity contribution in [3.05, 3.63) is 100 Å². The lowest BCUT2D eigenvalue weighted by molar-refractivity contribution is -0.386. The predicted octanol–water partition coefficient (Wildman–Crippen LogP) is 4.49. The van der Waals surface area contributed by atoms with Crippen molar-refractivity contribution < 1.29 is 19.2 Å². The zero-order valence-corrected chi connectivity index (χ0v) is 17.6. The molecular formula is C24H23N3O5. The molecule has 32 heavy (non-hydrogen) atoms. The van der Waals surface area contributed by atoms with Crippen LogP contribution < -0.4 is 15.4 Å². The van der Waals surface area contributed by atoms with Crippen LogP contribution in [0.25, 0.3) is 0 Å². The van der Waals surface area contributed by atoms with Crippen LogP contribution in [0, 0.1) is 10.1 Å². The molecule has 0 aliphatic carbocycles. The molecule has 0 bridgehead atoms. The summed E-state index contributed by atoms with van der Waals surface area (Å²) < 4.78 is 5.47. The van der Waals surface area contributed by atoms with Gasteiger partial charge in [-0.25, -0.2) is 0 Å². The molecule has 3 aromatic rings. The van der Waals surface area contributed by atoms with Crippen LogP contribution in [-0.4, -0.2) is 22.8 Å². The minimum absolute atomic E-state index is 0.0136. The number of nitrogens with zero attached hydrogens (tertiary/aromatic N) is 1. The summed E-state index contributed by atoms with van der Waals surface area (Å²) in [4.78, 5) is 35.4. The first-order chi connectivity index (χ1) is 15.3. The SMILES string of the molecule is CC(Oc1ccccc1[N+](=O)[O-])C(=O)Nc1ccc(C(=O)NC(C)c2ccccc2)cc1. The number of ether oxygens (including phenoxy) is 1. The summed E-state index contributed by atoms with van der Waals surface area (Å²) in [6.45, 7) is 3.40. The number of amides is 2. The smallest absolute Gasteiger partial charge is 0.310 e. The maximum absolute atomic E-state index is 12.5. The number of nitro benzene ring substituents is 1. The van der Waals surface area contributed by atoms with E-state index in [1.54, 1.807) is 30.3 Å². The number of hydrogen-bond acceptors (Lipinski definition) is 5. The second kappa shape index (κ2) is 10.2. The normalized spacial score (nSPS) is 12.3. The molecule has 0 spiro atoms. The Morgan fingerprint density at radius 3 is 2.19 bits per heavy atom. The van der Waals surface area contributed by atoms with Gasteiger partial charge in [0, 0.05) is 17.3 Å². The fraction of sp³-hybridized carbons (Fsp3) is 0.167. The quantitative estimate of drug-likeness (QED) is 0.402. The molecule has 164 valence electrons. The first kappa shape index (κ1) is 22.5. The number of benzene rings is 3. The van der Waals surface area contributed by atoms with Gasteiger partial charge in [-0.2, -0.15) is 0 Å². The van der Waals surface area contributed by atoms with Gasteiger partial charge in [0.25, 0.3) is 11.8 Å². The number of para-hydroxylation sites is 2. The Labute approximate surface area is 185 Å². The molecule has 0 saturated heterocycles. The van der Waals surface area contributed by atoms with Gasteiger partial charge >= 0.3 is 5.69 Å². The molecule has 0 aliphatic heterocycles. The number of anilines is 1. The van der Waals surface area contributed by atoms with Crippen LogP contribution in [0.4, 0.5) is 11.4 Å². The van der Waals surface area contributed by atoms with E-state index in [-0.39, 0.29) is 23.4 Å². The van der Waals surface area contributed by atoms with Gasteiger partial charge in [0.1, 0.15) is 0 Å². The van der Waals surface area contributed by atoms with E-state index < -0.39 is 16.9 Å². The monoisotopic (exact) mass is 433 g/mol. The molecule has 3 rings (SSSR count). The average Bonchev–Trinajstić information content (AvgIpc) is 2.80. The van der Waals surface area contributed by atoms with E-state index in [1.807, 2.05) is 37.3 Å². The molecule has 0 aromatic heterocycles. The zero-order chi connectivity index (χ0) is 23.1. The molecule has 0 radical (unpaired) electrons. The zero-order valence-electron chi connectivity index (χ0n) is 17.6. The van der Waals surface area contributed by atoms with E-state index in [0.29, 0.717) is 11.3 Å². The highest BCUT2D eigenvalue weighted by molar-refractivity contribution is 5.97. The minimum Gasteiger partial charge on any atom is -0.474 e. The van der Waals surface area contributed by atoms with Crippen molar-refractivity contribution >= 4 is 23.2 Å². The first-order valence-electron chi connectivity index (χ1n) is 10.0. The lowest BCUT2D eigenvalue weighted by atomic mass is 10.1. The molecule has 8 heteroatoms. The van der Waals surface area contributed by atoms with Crippen LogP contribution in [-0.2, 0) is 4.79 Å². The third-order valence-electron chi connectivity index (χ3n) is 4.80. The minimum atomic E-state index is -0.967. The highest BCUT2D eigenvalue weighted by Gasteiger charge is 2.21. The standard InChI is InChI=1S/C24H23N3O5/c1-16(18-8-4-3-5-9-18)25-24(29)19-12-14-20(15-13-19)26-23(28)17(2)32-22-11-7-6-10-21(22)27(30)31/h3-17H,1-2H3,(H,25,29)(H,26,28). The summed E-state index contributed by atoms with van der Waals surface area (Å²) in [5.74, 6) is -0.690. The highest BCUT2D eigenvalue weighted by atomic mass is 16.6.